The van der Waals surface area contributed by atoms with Gasteiger partial charge in [-0.2, -0.15) is 5.26 Å². The van der Waals surface area contributed by atoms with Crippen LogP contribution in [0.25, 0.3) is 0 Å². The van der Waals surface area contributed by atoms with Crippen molar-refractivity contribution in [1.29, 1.82) is 5.26 Å². The highest BCUT2D eigenvalue weighted by molar-refractivity contribution is 7.12. The molecule has 1 aliphatic heterocycles. The third-order valence-corrected chi connectivity index (χ3v) is 5.22. The fraction of sp³-hybridized carbons (Fsp3) is 0.316. The third kappa shape index (κ3) is 4.25. The van der Waals surface area contributed by atoms with Crippen molar-refractivity contribution in [2.24, 2.45) is 5.92 Å². The minimum absolute atomic E-state index is 0.0135. The molecule has 1 saturated heterocycles. The van der Waals surface area contributed by atoms with Crippen LogP contribution in [0.1, 0.15) is 33.6 Å². The number of likely N-dealkylation sites (tertiary alicyclic amines) is 1. The van der Waals surface area contributed by atoms with E-state index in [1.54, 1.807) is 17.0 Å². The van der Waals surface area contributed by atoms with Gasteiger partial charge in [-0.3, -0.25) is 9.59 Å². The van der Waals surface area contributed by atoms with Gasteiger partial charge in [-0.15, -0.1) is 11.3 Å². The van der Waals surface area contributed by atoms with Crippen LogP contribution in [-0.2, 0) is 11.3 Å². The highest BCUT2D eigenvalue weighted by atomic mass is 32.1. The Bertz CT molecular complexity index is 778. The van der Waals surface area contributed by atoms with Crippen molar-refractivity contribution < 1.29 is 9.59 Å². The van der Waals surface area contributed by atoms with Crippen LogP contribution in [0.3, 0.4) is 0 Å². The van der Waals surface area contributed by atoms with Gasteiger partial charge in [0.15, 0.2) is 0 Å². The number of hydrogen-bond acceptors (Lipinski definition) is 4. The number of hydrogen-bond donors (Lipinski definition) is 1. The Balaban J connectivity index is 1.54. The number of piperidine rings is 1. The topological polar surface area (TPSA) is 73.2 Å². The summed E-state index contributed by atoms with van der Waals surface area (Å²) >= 11 is 1.43. The lowest BCUT2D eigenvalue weighted by molar-refractivity contribution is -0.126. The number of carbonyl (C=O) groups excluding carboxylic acids is 2. The van der Waals surface area contributed by atoms with Crippen LogP contribution in [-0.4, -0.2) is 29.8 Å². The van der Waals surface area contributed by atoms with Gasteiger partial charge >= 0.3 is 0 Å². The number of benzene rings is 1. The van der Waals surface area contributed by atoms with Gasteiger partial charge < -0.3 is 10.2 Å². The van der Waals surface area contributed by atoms with Crippen molar-refractivity contribution >= 4 is 23.2 Å². The molecule has 1 atom stereocenters. The Labute approximate surface area is 150 Å². The molecule has 5 nitrogen and oxygen atoms in total. The zero-order valence-corrected chi connectivity index (χ0v) is 14.6. The summed E-state index contributed by atoms with van der Waals surface area (Å²) < 4.78 is 0. The van der Waals surface area contributed by atoms with Crippen molar-refractivity contribution in [2.45, 2.75) is 19.4 Å². The second-order valence-electron chi connectivity index (χ2n) is 6.09. The second kappa shape index (κ2) is 7.95. The van der Waals surface area contributed by atoms with Crippen LogP contribution >= 0.6 is 11.3 Å². The van der Waals surface area contributed by atoms with Crippen molar-refractivity contribution in [1.82, 2.24) is 10.2 Å². The predicted octanol–water partition coefficient (Wildman–Crippen LogP) is 2.79. The molecule has 3 rings (SSSR count). The summed E-state index contributed by atoms with van der Waals surface area (Å²) in [5, 5.41) is 13.6. The highest BCUT2D eigenvalue weighted by Gasteiger charge is 2.29. The van der Waals surface area contributed by atoms with Crippen molar-refractivity contribution in [3.05, 3.63) is 57.8 Å². The number of carbonyl (C=O) groups is 2. The summed E-state index contributed by atoms with van der Waals surface area (Å²) in [5.41, 5.74) is 1.56. The van der Waals surface area contributed by atoms with E-state index in [0.717, 1.165) is 23.3 Å². The normalized spacial score (nSPS) is 16.9. The molecule has 25 heavy (non-hydrogen) atoms. The van der Waals surface area contributed by atoms with Crippen molar-refractivity contribution in [3.8, 4) is 6.07 Å². The third-order valence-electron chi connectivity index (χ3n) is 4.36. The van der Waals surface area contributed by atoms with Crippen LogP contribution in [0.2, 0.25) is 0 Å². The highest BCUT2D eigenvalue weighted by Crippen LogP contribution is 2.20. The minimum Gasteiger partial charge on any atom is -0.352 e. The lowest BCUT2D eigenvalue weighted by Crippen LogP contribution is -2.45. The maximum atomic E-state index is 12.5. The molecule has 2 aromatic rings. The molecule has 1 aliphatic rings. The Morgan fingerprint density at radius 2 is 2.08 bits per heavy atom. The molecule has 0 radical (unpaired) electrons. The summed E-state index contributed by atoms with van der Waals surface area (Å²) in [6, 6.07) is 12.9. The van der Waals surface area contributed by atoms with Gasteiger partial charge in [0, 0.05) is 19.6 Å². The van der Waals surface area contributed by atoms with Crippen LogP contribution in [0.15, 0.2) is 41.8 Å². The van der Waals surface area contributed by atoms with Crippen LogP contribution in [0.4, 0.5) is 0 Å². The van der Waals surface area contributed by atoms with Gasteiger partial charge in [-0.05, 0) is 42.0 Å². The molecule has 0 spiro atoms. The molecule has 1 fully saturated rings. The number of nitrogens with zero attached hydrogens (tertiary/aromatic N) is 2. The first-order chi connectivity index (χ1) is 12.2. The minimum atomic E-state index is -0.170. The molecule has 0 bridgehead atoms. The molecule has 128 valence electrons. The molecular formula is C19H19N3O2S. The number of amides is 2. The number of rotatable bonds is 4. The van der Waals surface area contributed by atoms with Crippen molar-refractivity contribution in [3.63, 3.8) is 0 Å². The standard InChI is InChI=1S/C19H19N3O2S/c20-11-14-5-7-15(8-6-14)12-21-18(23)16-3-1-9-22(13-16)19(24)17-4-2-10-25-17/h2,4-8,10,16H,1,3,9,12-13H2,(H,21,23). The van der Waals surface area contributed by atoms with E-state index in [2.05, 4.69) is 11.4 Å². The van der Waals surface area contributed by atoms with Gasteiger partial charge in [0.25, 0.3) is 5.91 Å². The predicted molar refractivity (Wildman–Crippen MR) is 96.0 cm³/mol. The Hall–Kier alpha value is -2.65. The van der Waals surface area contributed by atoms with Crippen LogP contribution in [0.5, 0.6) is 0 Å². The Morgan fingerprint density at radius 3 is 2.76 bits per heavy atom. The fourth-order valence-electron chi connectivity index (χ4n) is 2.96. The zero-order valence-electron chi connectivity index (χ0n) is 13.8. The first-order valence-corrected chi connectivity index (χ1v) is 9.15. The summed E-state index contributed by atoms with van der Waals surface area (Å²) in [7, 11) is 0. The van der Waals surface area contributed by atoms with Gasteiger partial charge in [0.2, 0.25) is 5.91 Å². The van der Waals surface area contributed by atoms with Crippen LogP contribution in [0, 0.1) is 17.2 Å². The largest absolute Gasteiger partial charge is 0.352 e. The van der Waals surface area contributed by atoms with E-state index in [-0.39, 0.29) is 17.7 Å². The molecule has 1 aromatic carbocycles. The fourth-order valence-corrected chi connectivity index (χ4v) is 3.65. The molecule has 2 heterocycles. The van der Waals surface area contributed by atoms with Crippen LogP contribution < -0.4 is 5.32 Å². The summed E-state index contributed by atoms with van der Waals surface area (Å²) in [6.07, 6.45) is 1.64. The molecule has 6 heteroatoms. The first-order valence-electron chi connectivity index (χ1n) is 8.27. The quantitative estimate of drug-likeness (QED) is 0.918. The maximum absolute atomic E-state index is 12.5. The second-order valence-corrected chi connectivity index (χ2v) is 7.04. The summed E-state index contributed by atoms with van der Waals surface area (Å²) in [4.78, 5) is 27.4. The van der Waals surface area contributed by atoms with E-state index in [1.165, 1.54) is 11.3 Å². The van der Waals surface area contributed by atoms with E-state index in [0.29, 0.717) is 25.2 Å². The van der Waals surface area contributed by atoms with Gasteiger partial charge in [0.1, 0.15) is 0 Å². The summed E-state index contributed by atoms with van der Waals surface area (Å²) in [6.45, 7) is 1.60. The summed E-state index contributed by atoms with van der Waals surface area (Å²) in [5.74, 6) is -0.177. The molecular weight excluding hydrogens is 334 g/mol. The SMILES string of the molecule is N#Cc1ccc(CNC(=O)C2CCCN(C(=O)c3cccs3)C2)cc1. The molecule has 2 amide bonds. The molecule has 0 saturated carbocycles. The number of nitriles is 1. The lowest BCUT2D eigenvalue weighted by atomic mass is 9.97. The molecule has 1 unspecified atom stereocenters. The first kappa shape index (κ1) is 17.2. The number of nitrogens with one attached hydrogen (secondary N) is 1. The Morgan fingerprint density at radius 1 is 1.28 bits per heavy atom. The van der Waals surface area contributed by atoms with E-state index in [4.69, 9.17) is 5.26 Å². The molecule has 0 aliphatic carbocycles. The van der Waals surface area contributed by atoms with E-state index >= 15 is 0 Å². The van der Waals surface area contributed by atoms with Gasteiger partial charge in [-0.25, -0.2) is 0 Å². The smallest absolute Gasteiger partial charge is 0.263 e. The number of thiophene rings is 1. The average Bonchev–Trinajstić information content (AvgIpc) is 3.20. The van der Waals surface area contributed by atoms with E-state index in [9.17, 15) is 9.59 Å². The lowest BCUT2D eigenvalue weighted by Gasteiger charge is -2.31. The van der Waals surface area contributed by atoms with Gasteiger partial charge in [0.05, 0.1) is 22.4 Å². The monoisotopic (exact) mass is 353 g/mol. The zero-order chi connectivity index (χ0) is 17.6. The van der Waals surface area contributed by atoms with Gasteiger partial charge in [-0.1, -0.05) is 18.2 Å². The van der Waals surface area contributed by atoms with E-state index in [1.807, 2.05) is 29.6 Å². The van der Waals surface area contributed by atoms with Crippen molar-refractivity contribution in [2.75, 3.05) is 13.1 Å². The molecule has 1 aromatic heterocycles. The van der Waals surface area contributed by atoms with E-state index < -0.39 is 0 Å². The maximum Gasteiger partial charge on any atom is 0.263 e. The molecule has 1 N–H and O–H groups in total. The Kier molecular flexibility index (Phi) is 5.46. The average molecular weight is 353 g/mol.